The van der Waals surface area contributed by atoms with Crippen LogP contribution in [0, 0.1) is 16.7 Å². The van der Waals surface area contributed by atoms with Crippen molar-refractivity contribution in [3.05, 3.63) is 0 Å². The highest BCUT2D eigenvalue weighted by atomic mass is 16.3. The molecule has 1 aliphatic rings. The largest absolute Gasteiger partial charge is 0.838 e. The van der Waals surface area contributed by atoms with Crippen molar-refractivity contribution in [2.24, 2.45) is 5.41 Å². The van der Waals surface area contributed by atoms with Gasteiger partial charge in [-0.3, -0.25) is 0 Å². The minimum Gasteiger partial charge on any atom is -0.838 e. The van der Waals surface area contributed by atoms with Crippen LogP contribution in [0.3, 0.4) is 0 Å². The van der Waals surface area contributed by atoms with Gasteiger partial charge in [0, 0.05) is 0 Å². The molecule has 1 saturated carbocycles. The summed E-state index contributed by atoms with van der Waals surface area (Å²) >= 11 is 0. The van der Waals surface area contributed by atoms with E-state index < -0.39 is 5.60 Å². The highest BCUT2D eigenvalue weighted by molar-refractivity contribution is 5.11. The Bertz CT molecular complexity index is 180. The Hall–Kier alpha value is -0.550. The Labute approximate surface area is 61.5 Å². The molecule has 0 N–H and O–H groups in total. The lowest BCUT2D eigenvalue weighted by Crippen LogP contribution is -2.50. The second-order valence-electron chi connectivity index (χ2n) is 3.68. The molecule has 0 amide bonds. The molecule has 0 unspecified atom stereocenters. The van der Waals surface area contributed by atoms with E-state index in [2.05, 4.69) is 0 Å². The average Bonchev–Trinajstić information content (AvgIpc) is 2.10. The average molecular weight is 138 g/mol. The molecule has 1 atom stereocenters. The third-order valence-corrected chi connectivity index (χ3v) is 2.60. The predicted molar refractivity (Wildman–Crippen MR) is 36.0 cm³/mol. The molecule has 2 nitrogen and oxygen atoms in total. The zero-order valence-electron chi connectivity index (χ0n) is 6.48. The molecule has 0 saturated heterocycles. The maximum Gasteiger partial charge on any atom is 0.0515 e. The van der Waals surface area contributed by atoms with Gasteiger partial charge in [-0.15, -0.1) is 0 Å². The van der Waals surface area contributed by atoms with Gasteiger partial charge in [-0.2, -0.15) is 5.26 Å². The van der Waals surface area contributed by atoms with Crippen molar-refractivity contribution in [3.63, 3.8) is 0 Å². The summed E-state index contributed by atoms with van der Waals surface area (Å²) in [6.45, 7) is 3.77. The molecular weight excluding hydrogens is 126 g/mol. The minimum atomic E-state index is -1.31. The molecular formula is C8H12NO-. The smallest absolute Gasteiger partial charge is 0.0515 e. The van der Waals surface area contributed by atoms with Crippen LogP contribution in [0.25, 0.3) is 0 Å². The fraction of sp³-hybridized carbons (Fsp3) is 0.875. The first-order valence-corrected chi connectivity index (χ1v) is 3.63. The summed E-state index contributed by atoms with van der Waals surface area (Å²) in [4.78, 5) is 0. The van der Waals surface area contributed by atoms with Gasteiger partial charge >= 0.3 is 0 Å². The van der Waals surface area contributed by atoms with E-state index in [9.17, 15) is 5.11 Å². The SMILES string of the molecule is CC1(C)CCC[C@@]1([O-])C#N. The van der Waals surface area contributed by atoms with E-state index in [-0.39, 0.29) is 5.41 Å². The standard InChI is InChI=1S/C8H12NO/c1-7(2)4-3-5-8(7,10)6-9/h3-5H2,1-2H3/q-1/t8-/m1/s1. The van der Waals surface area contributed by atoms with Gasteiger partial charge in [0.15, 0.2) is 0 Å². The van der Waals surface area contributed by atoms with Crippen LogP contribution >= 0.6 is 0 Å². The molecule has 0 heterocycles. The number of hydrogen-bond acceptors (Lipinski definition) is 2. The molecule has 1 fully saturated rings. The van der Waals surface area contributed by atoms with Crippen LogP contribution in [0.5, 0.6) is 0 Å². The van der Waals surface area contributed by atoms with Crippen molar-refractivity contribution >= 4 is 0 Å². The summed E-state index contributed by atoms with van der Waals surface area (Å²) in [5.41, 5.74) is -1.63. The van der Waals surface area contributed by atoms with Crippen LogP contribution in [0.1, 0.15) is 33.1 Å². The second-order valence-corrected chi connectivity index (χ2v) is 3.68. The Morgan fingerprint density at radius 1 is 1.40 bits per heavy atom. The monoisotopic (exact) mass is 138 g/mol. The number of hydrogen-bond donors (Lipinski definition) is 0. The molecule has 2 heteroatoms. The number of nitriles is 1. The minimum absolute atomic E-state index is 0.318. The van der Waals surface area contributed by atoms with Crippen LogP contribution in [-0.2, 0) is 0 Å². The summed E-state index contributed by atoms with van der Waals surface area (Å²) < 4.78 is 0. The molecule has 0 aromatic carbocycles. The van der Waals surface area contributed by atoms with Crippen LogP contribution in [0.2, 0.25) is 0 Å². The van der Waals surface area contributed by atoms with Gasteiger partial charge in [-0.05, 0) is 23.9 Å². The van der Waals surface area contributed by atoms with E-state index in [0.717, 1.165) is 12.8 Å². The van der Waals surface area contributed by atoms with Crippen molar-refractivity contribution in [1.29, 1.82) is 5.26 Å². The van der Waals surface area contributed by atoms with E-state index in [1.807, 2.05) is 19.9 Å². The summed E-state index contributed by atoms with van der Waals surface area (Å²) in [6.07, 6.45) is 2.32. The van der Waals surface area contributed by atoms with Crippen molar-refractivity contribution in [2.45, 2.75) is 38.7 Å². The van der Waals surface area contributed by atoms with E-state index >= 15 is 0 Å². The molecule has 1 aliphatic carbocycles. The van der Waals surface area contributed by atoms with Gasteiger partial charge in [0.25, 0.3) is 0 Å². The van der Waals surface area contributed by atoms with Crippen molar-refractivity contribution in [1.82, 2.24) is 0 Å². The first-order valence-electron chi connectivity index (χ1n) is 3.63. The Balaban J connectivity index is 2.89. The van der Waals surface area contributed by atoms with Crippen LogP contribution < -0.4 is 5.11 Å². The molecule has 0 radical (unpaired) electrons. The Kier molecular flexibility index (Phi) is 1.48. The van der Waals surface area contributed by atoms with E-state index in [0.29, 0.717) is 6.42 Å². The fourth-order valence-electron chi connectivity index (χ4n) is 1.53. The molecule has 1 rings (SSSR count). The van der Waals surface area contributed by atoms with E-state index in [1.54, 1.807) is 0 Å². The topological polar surface area (TPSA) is 46.8 Å². The number of rotatable bonds is 0. The molecule has 0 aromatic heterocycles. The molecule has 0 spiro atoms. The predicted octanol–water partition coefficient (Wildman–Crippen LogP) is 0.819. The molecule has 0 aliphatic heterocycles. The van der Waals surface area contributed by atoms with Gasteiger partial charge in [0.1, 0.15) is 0 Å². The second kappa shape index (κ2) is 1.96. The summed E-state index contributed by atoms with van der Waals surface area (Å²) in [5, 5.41) is 20.2. The van der Waals surface area contributed by atoms with Crippen molar-refractivity contribution in [3.8, 4) is 6.07 Å². The number of nitrogens with zero attached hydrogens (tertiary/aromatic N) is 1. The van der Waals surface area contributed by atoms with Gasteiger partial charge in [-0.1, -0.05) is 20.3 Å². The molecule has 0 bridgehead atoms. The van der Waals surface area contributed by atoms with Gasteiger partial charge in [0.05, 0.1) is 6.07 Å². The third-order valence-electron chi connectivity index (χ3n) is 2.60. The first kappa shape index (κ1) is 7.56. The Morgan fingerprint density at radius 3 is 2.20 bits per heavy atom. The lowest BCUT2D eigenvalue weighted by molar-refractivity contribution is -0.476. The lowest BCUT2D eigenvalue weighted by atomic mass is 9.79. The maximum atomic E-state index is 11.6. The van der Waals surface area contributed by atoms with Crippen molar-refractivity contribution < 1.29 is 5.11 Å². The van der Waals surface area contributed by atoms with Crippen LogP contribution in [-0.4, -0.2) is 5.60 Å². The first-order chi connectivity index (χ1) is 4.52. The fourth-order valence-corrected chi connectivity index (χ4v) is 1.53. The normalized spacial score (nSPS) is 37.4. The summed E-state index contributed by atoms with van der Waals surface area (Å²) in [7, 11) is 0. The highest BCUT2D eigenvalue weighted by Gasteiger charge is 2.39. The molecule has 0 aromatic rings. The van der Waals surface area contributed by atoms with Crippen LogP contribution in [0.15, 0.2) is 0 Å². The Morgan fingerprint density at radius 2 is 2.00 bits per heavy atom. The van der Waals surface area contributed by atoms with E-state index in [4.69, 9.17) is 5.26 Å². The van der Waals surface area contributed by atoms with Gasteiger partial charge in [0.2, 0.25) is 0 Å². The molecule has 10 heavy (non-hydrogen) atoms. The maximum absolute atomic E-state index is 11.6. The van der Waals surface area contributed by atoms with E-state index in [1.165, 1.54) is 0 Å². The zero-order valence-corrected chi connectivity index (χ0v) is 6.48. The van der Waals surface area contributed by atoms with Crippen LogP contribution in [0.4, 0.5) is 0 Å². The molecule has 56 valence electrons. The van der Waals surface area contributed by atoms with Gasteiger partial charge < -0.3 is 5.11 Å². The quantitative estimate of drug-likeness (QED) is 0.497. The lowest BCUT2D eigenvalue weighted by Gasteiger charge is -2.41. The summed E-state index contributed by atoms with van der Waals surface area (Å²) in [5.74, 6) is 0. The summed E-state index contributed by atoms with van der Waals surface area (Å²) in [6, 6.07) is 1.88. The third kappa shape index (κ3) is 0.819. The van der Waals surface area contributed by atoms with Gasteiger partial charge in [-0.25, -0.2) is 0 Å². The van der Waals surface area contributed by atoms with Crippen molar-refractivity contribution in [2.75, 3.05) is 0 Å². The highest BCUT2D eigenvalue weighted by Crippen LogP contribution is 2.43. The zero-order chi connectivity index (χ0) is 7.83.